The number of ketones is 2. The molecule has 11 aromatic rings. The highest BCUT2D eigenvalue weighted by molar-refractivity contribution is 8.15. The number of para-hydroxylation sites is 3. The third-order valence-electron chi connectivity index (χ3n) is 19.3. The minimum atomic E-state index is -3.45. The molecule has 3 atom stereocenters. The minimum Gasteiger partial charge on any atom is -0.497 e. The van der Waals surface area contributed by atoms with Crippen LogP contribution in [0.1, 0.15) is 147 Å². The van der Waals surface area contributed by atoms with Crippen molar-refractivity contribution in [1.82, 2.24) is 15.0 Å². The zero-order chi connectivity index (χ0) is 96.0. The molecule has 14 rings (SSSR count). The second-order valence-corrected chi connectivity index (χ2v) is 35.0. The number of Topliss-reactive ketones (excluding diaryl/α,β-unsaturated/α-hetero) is 2. The number of nitrogens with zero attached hydrogens (tertiary/aromatic N) is 6. The molecular weight excluding hydrogens is 1840 g/mol. The number of halogens is 12. The van der Waals surface area contributed by atoms with Gasteiger partial charge in [-0.15, -0.1) is 0 Å². The lowest BCUT2D eigenvalue weighted by Crippen LogP contribution is -2.28. The summed E-state index contributed by atoms with van der Waals surface area (Å²) in [6, 6.07) is 44.0. The van der Waals surface area contributed by atoms with E-state index in [9.17, 15) is 94.7 Å². The van der Waals surface area contributed by atoms with Crippen LogP contribution in [0, 0.1) is 69.8 Å². The van der Waals surface area contributed by atoms with E-state index in [0.717, 1.165) is 56.6 Å². The van der Waals surface area contributed by atoms with Crippen LogP contribution in [0.3, 0.4) is 0 Å². The van der Waals surface area contributed by atoms with E-state index in [1.165, 1.54) is 144 Å². The number of ether oxygens (including phenoxy) is 8. The molecular formula is C94H74F12N6O17S4. The van der Waals surface area contributed by atoms with Crippen LogP contribution < -0.4 is 28.4 Å². The first kappa shape index (κ1) is 98.1. The quantitative estimate of drug-likeness (QED) is 0.0250. The summed E-state index contributed by atoms with van der Waals surface area (Å²) in [6.07, 6.45) is 1.44. The summed E-state index contributed by atoms with van der Waals surface area (Å²) in [6.45, 7) is 4.40. The number of carbonyl (C=O) groups is 7. The second kappa shape index (κ2) is 43.0. The van der Waals surface area contributed by atoms with Crippen molar-refractivity contribution in [2.75, 3.05) is 47.9 Å². The van der Waals surface area contributed by atoms with E-state index in [1.54, 1.807) is 81.4 Å². The van der Waals surface area contributed by atoms with Crippen LogP contribution in [0.15, 0.2) is 233 Å². The first-order valence-electron chi connectivity index (χ1n) is 39.4. The molecule has 690 valence electrons. The smallest absolute Gasteiger partial charge is 0.337 e. The maximum atomic E-state index is 14.7. The van der Waals surface area contributed by atoms with E-state index >= 15 is 0 Å². The van der Waals surface area contributed by atoms with Gasteiger partial charge in [0.2, 0.25) is 0 Å². The molecule has 0 fully saturated rings. The van der Waals surface area contributed by atoms with Gasteiger partial charge in [0, 0.05) is 94.4 Å². The van der Waals surface area contributed by atoms with E-state index in [-0.39, 0.29) is 104 Å². The van der Waals surface area contributed by atoms with Crippen LogP contribution >= 0.6 is 35.3 Å². The predicted molar refractivity (Wildman–Crippen MR) is 468 cm³/mol. The number of hydrogen-bond donors (Lipinski definition) is 0. The van der Waals surface area contributed by atoms with Crippen molar-refractivity contribution in [3.63, 3.8) is 0 Å². The van der Waals surface area contributed by atoms with E-state index in [2.05, 4.69) is 15.3 Å². The molecule has 133 heavy (non-hydrogen) atoms. The third kappa shape index (κ3) is 24.1. The summed E-state index contributed by atoms with van der Waals surface area (Å²) in [5.74, 6) is -17.7. The Balaban J connectivity index is 0.000000180. The molecule has 0 saturated heterocycles. The Morgan fingerprint density at radius 1 is 0.406 bits per heavy atom. The Kier molecular flexibility index (Phi) is 31.7. The van der Waals surface area contributed by atoms with Crippen LogP contribution in [-0.4, -0.2) is 133 Å². The molecule has 3 aliphatic rings. The summed E-state index contributed by atoms with van der Waals surface area (Å²) in [5, 5.41) is 13.0. The summed E-state index contributed by atoms with van der Waals surface area (Å²) in [4.78, 5) is 90.0. The number of hydrazone groups is 3. The monoisotopic (exact) mass is 1910 g/mol. The lowest BCUT2D eigenvalue weighted by Gasteiger charge is -2.24. The summed E-state index contributed by atoms with van der Waals surface area (Å²) in [7, 11) is 1.94. The highest BCUT2D eigenvalue weighted by Gasteiger charge is 2.43. The third-order valence-corrected chi connectivity index (χ3v) is 24.0. The fourth-order valence-electron chi connectivity index (χ4n) is 13.1. The lowest BCUT2D eigenvalue weighted by atomic mass is 10.1. The largest absolute Gasteiger partial charge is 0.497 e. The van der Waals surface area contributed by atoms with Crippen LogP contribution in [0.4, 0.5) is 52.7 Å². The number of esters is 2. The molecule has 11 aromatic carbocycles. The normalized spacial score (nSPS) is 14.5. The highest BCUT2D eigenvalue weighted by Crippen LogP contribution is 2.51. The van der Waals surface area contributed by atoms with Gasteiger partial charge in [-0.05, 0) is 166 Å². The van der Waals surface area contributed by atoms with Gasteiger partial charge in [-0.2, -0.15) is 15.3 Å². The van der Waals surface area contributed by atoms with Crippen molar-refractivity contribution in [2.45, 2.75) is 73.3 Å². The molecule has 3 aliphatic heterocycles. The molecule has 39 heteroatoms. The number of sulfone groups is 1. The Bertz CT molecular complexity index is 6450. The van der Waals surface area contributed by atoms with E-state index in [4.69, 9.17) is 37.9 Å². The number of benzene rings is 11. The first-order valence-corrected chi connectivity index (χ1v) is 44.0. The Hall–Kier alpha value is -13.9. The van der Waals surface area contributed by atoms with Gasteiger partial charge < -0.3 is 37.9 Å². The molecule has 0 aromatic heterocycles. The Morgan fingerprint density at radius 2 is 0.789 bits per heavy atom. The van der Waals surface area contributed by atoms with Crippen molar-refractivity contribution in [2.24, 2.45) is 15.3 Å². The van der Waals surface area contributed by atoms with Gasteiger partial charge in [-0.25, -0.2) is 80.9 Å². The first-order chi connectivity index (χ1) is 63.3. The zero-order valence-electron chi connectivity index (χ0n) is 71.0. The predicted octanol–water partition coefficient (Wildman–Crippen LogP) is 20.0. The molecule has 3 heterocycles. The van der Waals surface area contributed by atoms with Crippen molar-refractivity contribution >= 4 is 101 Å². The Morgan fingerprint density at radius 3 is 1.18 bits per heavy atom. The molecule has 0 spiro atoms. The van der Waals surface area contributed by atoms with Crippen molar-refractivity contribution in [3.05, 3.63) is 349 Å². The van der Waals surface area contributed by atoms with Gasteiger partial charge in [0.05, 0.1) is 38.9 Å². The number of amides is 3. The number of methoxy groups -OCH3 is 4. The van der Waals surface area contributed by atoms with Gasteiger partial charge in [0.1, 0.15) is 148 Å². The second-order valence-electron chi connectivity index (χ2n) is 29.8. The topological polar surface area (TPSA) is 274 Å². The molecule has 3 unspecified atom stereocenters. The van der Waals surface area contributed by atoms with E-state index < -0.39 is 160 Å². The van der Waals surface area contributed by atoms with Gasteiger partial charge in [-0.1, -0.05) is 77.8 Å². The summed E-state index contributed by atoms with van der Waals surface area (Å²) in [5.41, 5.74) is -0.421. The van der Waals surface area contributed by atoms with Gasteiger partial charge in [0.25, 0.3) is 17.7 Å². The van der Waals surface area contributed by atoms with Crippen LogP contribution in [0.2, 0.25) is 0 Å². The van der Waals surface area contributed by atoms with Crippen LogP contribution in [0.5, 0.6) is 34.5 Å². The van der Waals surface area contributed by atoms with Gasteiger partial charge in [0.15, 0.2) is 51.0 Å². The molecule has 0 bridgehead atoms. The van der Waals surface area contributed by atoms with Crippen molar-refractivity contribution in [1.29, 1.82) is 0 Å². The maximum absolute atomic E-state index is 14.7. The SMILES string of the molecule is CC(C)(C)OC(=O)CCCC(=O)COc1ccccc1C1SC(c2ccc(F)cc2)=NN1C(=O)c1c(F)cc(F)cc1F.COC(=O)c1cc(COc2cccc(C3SC(c4ccc(F)cc4)=NN3C(=O)c3c(F)cc(F)cc3F)c2OC)cc(OC)c1.COc1c(OCC(=O)c2ccc(S(C)(=O)=O)cc2)cccc1C1SC(c2ccc(F)cc2)=NN1C(=O)c1c(F)cc(F)cc1F. The molecule has 0 aliphatic carbocycles. The van der Waals surface area contributed by atoms with Crippen LogP contribution in [-0.2, 0) is 35.5 Å². The number of rotatable bonds is 28. The van der Waals surface area contributed by atoms with Crippen molar-refractivity contribution < 1.29 is 133 Å². The highest BCUT2D eigenvalue weighted by atomic mass is 32.2. The minimum absolute atomic E-state index is 0.0369. The maximum Gasteiger partial charge on any atom is 0.337 e. The number of hydrogen-bond acceptors (Lipinski definition) is 23. The Labute approximate surface area is 764 Å². The molecule has 23 nitrogen and oxygen atoms in total. The molecule has 0 N–H and O–H groups in total. The van der Waals surface area contributed by atoms with Crippen molar-refractivity contribution in [3.8, 4) is 34.5 Å². The average molecular weight is 1920 g/mol. The summed E-state index contributed by atoms with van der Waals surface area (Å²) >= 11 is 3.07. The lowest BCUT2D eigenvalue weighted by molar-refractivity contribution is -0.154. The molecule has 3 amide bonds. The van der Waals surface area contributed by atoms with Gasteiger partial charge in [-0.3, -0.25) is 28.8 Å². The fourth-order valence-corrected chi connectivity index (χ4v) is 17.3. The van der Waals surface area contributed by atoms with E-state index in [0.29, 0.717) is 75.5 Å². The number of carbonyl (C=O) groups excluding carboxylic acids is 7. The standard InChI is InChI=1S/C32H24F4N2O6S.C31H22F4N2O6S2.C31H28F4N2O5S/c1-41-22-12-17(11-19(13-22)32(40)43-3)16-44-26-6-4-5-23(28(26)42-2)31-38(30(39)27-24(35)14-21(34)15-25(27)36)37-29(45-31)18-7-9-20(33)10-8-18;1-42-28-22(4-3-5-26(28)43-16-25(38)17-8-12-21(13-9-17)45(2,40)41)31-37(30(39)27-23(34)14-20(33)15-24(27)35)36-29(44-31)18-6-10-19(32)11-7-18;1-31(2,3)42-26(39)10-6-7-21(38)17-41-25-9-5-4-8-22(25)30-37(29(40)27-23(34)15-20(33)16-24(27)35)36-28(43-30)18-11-13-19(32)14-12-18/h4-15,31H,16H2,1-3H3;3-15,31H,16H2,1-2H3;4-5,8-9,11-16,30H,6-7,10,17H2,1-3H3. The van der Waals surface area contributed by atoms with Gasteiger partial charge >= 0.3 is 11.9 Å². The van der Waals surface area contributed by atoms with Crippen LogP contribution in [0.25, 0.3) is 0 Å². The zero-order valence-corrected chi connectivity index (χ0v) is 74.2. The summed E-state index contributed by atoms with van der Waals surface area (Å²) < 4.78 is 237. The number of thioether (sulfide) groups is 3. The fraction of sp³-hybridized carbons (Fsp3) is 0.191. The molecule has 0 radical (unpaired) electrons. The average Bonchev–Trinajstić information content (AvgIpc) is 1.65. The van der Waals surface area contributed by atoms with E-state index in [1.807, 2.05) is 0 Å². The molecule has 0 saturated carbocycles.